The molecule has 190 valence electrons. The summed E-state index contributed by atoms with van der Waals surface area (Å²) in [5.41, 5.74) is 1.26. The Morgan fingerprint density at radius 1 is 1.19 bits per heavy atom. The molecule has 0 spiro atoms. The van der Waals surface area contributed by atoms with Crippen LogP contribution < -0.4 is 10.3 Å². The van der Waals surface area contributed by atoms with E-state index >= 15 is 0 Å². The Hall–Kier alpha value is -4.37. The molecule has 12 heteroatoms. The maximum Gasteiger partial charge on any atom is 0.275 e. The van der Waals surface area contributed by atoms with E-state index < -0.39 is 13.0 Å². The Morgan fingerprint density at radius 3 is 2.68 bits per heavy atom. The number of halogens is 2. The molecule has 1 saturated heterocycles. The third-order valence-corrected chi connectivity index (χ3v) is 6.03. The van der Waals surface area contributed by atoms with Gasteiger partial charge in [0.05, 0.1) is 41.7 Å². The minimum Gasteiger partial charge on any atom is -0.485 e. The number of carbonyl (C=O) groups excluding carboxylic acids is 1. The average Bonchev–Trinajstić information content (AvgIpc) is 3.31. The molecule has 1 fully saturated rings. The molecule has 1 aromatic carbocycles. The first-order valence-electron chi connectivity index (χ1n) is 11.6. The Kier molecular flexibility index (Phi) is 6.78. The first-order chi connectivity index (χ1) is 17.9. The van der Waals surface area contributed by atoms with Crippen molar-refractivity contribution in [3.05, 3.63) is 70.0 Å². The van der Waals surface area contributed by atoms with Crippen LogP contribution in [0.4, 0.5) is 8.78 Å². The van der Waals surface area contributed by atoms with Crippen molar-refractivity contribution in [2.75, 3.05) is 32.9 Å². The van der Waals surface area contributed by atoms with Crippen LogP contribution in [0, 0.1) is 11.3 Å². The first kappa shape index (κ1) is 24.3. The summed E-state index contributed by atoms with van der Waals surface area (Å²) < 4.78 is 38.3. The maximum absolute atomic E-state index is 13.1. The summed E-state index contributed by atoms with van der Waals surface area (Å²) >= 11 is 0. The number of ether oxygens (including phenoxy) is 2. The lowest BCUT2D eigenvalue weighted by Crippen LogP contribution is -2.43. The monoisotopic (exact) mass is 508 g/mol. The van der Waals surface area contributed by atoms with Gasteiger partial charge in [0.2, 0.25) is 5.91 Å². The zero-order valence-corrected chi connectivity index (χ0v) is 19.6. The standard InChI is InChI=1S/C25H22F2N6O4/c26-22(27)15-37-21-13-32-12-17(29-23(32)9-16(21)11-28)10-20-18-3-1-2-4-19(18)25(35)33(30-20)14-24(34)31-5-7-36-8-6-31/h1-4,9,12-13,22H,5-8,10,14-15H2. The van der Waals surface area contributed by atoms with Crippen molar-refractivity contribution in [3.63, 3.8) is 0 Å². The zero-order chi connectivity index (χ0) is 25.9. The molecule has 37 heavy (non-hydrogen) atoms. The molecule has 0 bridgehead atoms. The quantitative estimate of drug-likeness (QED) is 0.375. The fourth-order valence-corrected chi connectivity index (χ4v) is 4.26. The molecule has 1 aliphatic heterocycles. The summed E-state index contributed by atoms with van der Waals surface area (Å²) in [5.74, 6) is -0.190. The number of rotatable bonds is 7. The molecular weight excluding hydrogens is 486 g/mol. The number of morpholine rings is 1. The van der Waals surface area contributed by atoms with Crippen LogP contribution >= 0.6 is 0 Å². The SMILES string of the molecule is N#Cc1cc2nc(Cc3nn(CC(=O)N4CCOCC4)c(=O)c4ccccc34)cn2cc1OCC(F)F. The van der Waals surface area contributed by atoms with Crippen LogP contribution in [0.2, 0.25) is 0 Å². The number of nitrogens with zero attached hydrogens (tertiary/aromatic N) is 6. The molecule has 0 radical (unpaired) electrons. The predicted molar refractivity (Wildman–Crippen MR) is 128 cm³/mol. The summed E-state index contributed by atoms with van der Waals surface area (Å²) in [5, 5.41) is 15.0. The number of pyridine rings is 1. The highest BCUT2D eigenvalue weighted by Crippen LogP contribution is 2.23. The Balaban J connectivity index is 1.49. The predicted octanol–water partition coefficient (Wildman–Crippen LogP) is 2.01. The van der Waals surface area contributed by atoms with Gasteiger partial charge in [-0.15, -0.1) is 0 Å². The van der Waals surface area contributed by atoms with E-state index in [9.17, 15) is 23.6 Å². The van der Waals surface area contributed by atoms with Crippen LogP contribution in [0.5, 0.6) is 5.75 Å². The molecule has 4 heterocycles. The van der Waals surface area contributed by atoms with E-state index in [2.05, 4.69) is 10.1 Å². The molecule has 10 nitrogen and oxygen atoms in total. The number of fused-ring (bicyclic) bond motifs is 2. The maximum atomic E-state index is 13.1. The highest BCUT2D eigenvalue weighted by Gasteiger charge is 2.20. The van der Waals surface area contributed by atoms with Gasteiger partial charge < -0.3 is 18.8 Å². The molecule has 0 aliphatic carbocycles. The minimum absolute atomic E-state index is 0.0259. The summed E-state index contributed by atoms with van der Waals surface area (Å²) in [7, 11) is 0. The molecule has 4 aromatic rings. The molecular formula is C25H22F2N6O4. The Labute approximate surface area is 209 Å². The zero-order valence-electron chi connectivity index (χ0n) is 19.6. The number of alkyl halides is 2. The van der Waals surface area contributed by atoms with Crippen molar-refractivity contribution in [2.45, 2.75) is 19.4 Å². The molecule has 0 saturated carbocycles. The summed E-state index contributed by atoms with van der Waals surface area (Å²) in [6.45, 7) is 0.799. The number of carbonyl (C=O) groups is 1. The fraction of sp³-hybridized carbons (Fsp3) is 0.320. The van der Waals surface area contributed by atoms with Crippen LogP contribution in [0.25, 0.3) is 16.4 Å². The normalized spacial score (nSPS) is 13.8. The average molecular weight is 508 g/mol. The van der Waals surface area contributed by atoms with Crippen LogP contribution in [-0.4, -0.2) is 69.3 Å². The Morgan fingerprint density at radius 2 is 1.95 bits per heavy atom. The molecule has 0 unspecified atom stereocenters. The minimum atomic E-state index is -2.68. The van der Waals surface area contributed by atoms with Crippen LogP contribution in [0.15, 0.2) is 47.5 Å². The molecule has 3 aromatic heterocycles. The second kappa shape index (κ2) is 10.3. The Bertz CT molecular complexity index is 1570. The largest absolute Gasteiger partial charge is 0.485 e. The molecule has 0 N–H and O–H groups in total. The lowest BCUT2D eigenvalue weighted by Gasteiger charge is -2.26. The van der Waals surface area contributed by atoms with Crippen molar-refractivity contribution in [1.82, 2.24) is 24.1 Å². The molecule has 5 rings (SSSR count). The second-order valence-electron chi connectivity index (χ2n) is 8.49. The van der Waals surface area contributed by atoms with E-state index in [4.69, 9.17) is 9.47 Å². The van der Waals surface area contributed by atoms with E-state index in [0.29, 0.717) is 54.1 Å². The summed E-state index contributed by atoms with van der Waals surface area (Å²) in [4.78, 5) is 32.1. The van der Waals surface area contributed by atoms with Gasteiger partial charge in [-0.05, 0) is 6.07 Å². The number of benzene rings is 1. The fourth-order valence-electron chi connectivity index (χ4n) is 4.26. The number of imidazole rings is 1. The van der Waals surface area contributed by atoms with E-state index in [1.165, 1.54) is 16.9 Å². The summed E-state index contributed by atoms with van der Waals surface area (Å²) in [6, 6.07) is 10.4. The van der Waals surface area contributed by atoms with Gasteiger partial charge in [0.15, 0.2) is 5.75 Å². The van der Waals surface area contributed by atoms with Crippen molar-refractivity contribution in [2.24, 2.45) is 0 Å². The highest BCUT2D eigenvalue weighted by molar-refractivity contribution is 5.84. The van der Waals surface area contributed by atoms with Gasteiger partial charge >= 0.3 is 0 Å². The van der Waals surface area contributed by atoms with Crippen LogP contribution in [0.1, 0.15) is 17.0 Å². The summed E-state index contributed by atoms with van der Waals surface area (Å²) in [6.07, 6.45) is 0.658. The lowest BCUT2D eigenvalue weighted by molar-refractivity contribution is -0.136. The highest BCUT2D eigenvalue weighted by atomic mass is 19.3. The van der Waals surface area contributed by atoms with Crippen LogP contribution in [-0.2, 0) is 22.5 Å². The van der Waals surface area contributed by atoms with Crippen molar-refractivity contribution >= 4 is 22.3 Å². The van der Waals surface area contributed by atoms with E-state index in [1.807, 2.05) is 6.07 Å². The lowest BCUT2D eigenvalue weighted by atomic mass is 10.1. The topological polar surface area (TPSA) is 115 Å². The molecule has 1 amide bonds. The van der Waals surface area contributed by atoms with Crippen molar-refractivity contribution in [1.29, 1.82) is 5.26 Å². The first-order valence-corrected chi connectivity index (χ1v) is 11.6. The number of hydrogen-bond acceptors (Lipinski definition) is 7. The van der Waals surface area contributed by atoms with E-state index in [0.717, 1.165) is 0 Å². The second-order valence-corrected chi connectivity index (χ2v) is 8.49. The molecule has 1 aliphatic rings. The van der Waals surface area contributed by atoms with Gasteiger partial charge in [0.25, 0.3) is 12.0 Å². The number of amides is 1. The van der Waals surface area contributed by atoms with E-state index in [-0.39, 0.29) is 35.7 Å². The molecule has 0 atom stereocenters. The van der Waals surface area contributed by atoms with Gasteiger partial charge in [-0.2, -0.15) is 10.4 Å². The van der Waals surface area contributed by atoms with Gasteiger partial charge in [0, 0.05) is 37.2 Å². The third-order valence-electron chi connectivity index (χ3n) is 6.03. The van der Waals surface area contributed by atoms with Gasteiger partial charge in [-0.1, -0.05) is 18.2 Å². The number of hydrogen-bond donors (Lipinski definition) is 0. The van der Waals surface area contributed by atoms with Gasteiger partial charge in [0.1, 0.15) is 24.9 Å². The van der Waals surface area contributed by atoms with Crippen LogP contribution in [0.3, 0.4) is 0 Å². The van der Waals surface area contributed by atoms with Crippen molar-refractivity contribution < 1.29 is 23.0 Å². The third kappa shape index (κ3) is 5.12. The smallest absolute Gasteiger partial charge is 0.275 e. The number of aromatic nitrogens is 4. The van der Waals surface area contributed by atoms with Crippen molar-refractivity contribution in [3.8, 4) is 11.8 Å². The van der Waals surface area contributed by atoms with Gasteiger partial charge in [-0.25, -0.2) is 18.4 Å². The van der Waals surface area contributed by atoms with E-state index in [1.54, 1.807) is 39.8 Å². The number of nitriles is 1. The van der Waals surface area contributed by atoms with Gasteiger partial charge in [-0.3, -0.25) is 9.59 Å².